The largest absolute Gasteiger partial charge is 0.507 e. The molecule has 40 heavy (non-hydrogen) atoms. The smallest absolute Gasteiger partial charge is 0.128 e. The molecule has 1 fully saturated rings. The second-order valence-electron chi connectivity index (χ2n) is 12.9. The van der Waals surface area contributed by atoms with Gasteiger partial charge in [-0.2, -0.15) is 0 Å². The normalized spacial score (nSPS) is 18.7. The summed E-state index contributed by atoms with van der Waals surface area (Å²) in [6.07, 6.45) is 7.70. The van der Waals surface area contributed by atoms with Crippen molar-refractivity contribution in [3.63, 3.8) is 0 Å². The van der Waals surface area contributed by atoms with Crippen LogP contribution in [0.2, 0.25) is 0 Å². The molecule has 6 nitrogen and oxygen atoms in total. The molecule has 2 aromatic rings. The van der Waals surface area contributed by atoms with Crippen LogP contribution in [0.15, 0.2) is 34.3 Å². The molecule has 2 aromatic carbocycles. The van der Waals surface area contributed by atoms with Crippen LogP contribution in [0.3, 0.4) is 0 Å². The van der Waals surface area contributed by atoms with Gasteiger partial charge < -0.3 is 19.7 Å². The minimum Gasteiger partial charge on any atom is -0.507 e. The first kappa shape index (κ1) is 31.8. The fourth-order valence-corrected chi connectivity index (χ4v) is 5.18. The van der Waals surface area contributed by atoms with Crippen molar-refractivity contribution in [3.05, 3.63) is 57.6 Å². The van der Waals surface area contributed by atoms with Crippen molar-refractivity contribution in [3.8, 4) is 11.5 Å². The van der Waals surface area contributed by atoms with Gasteiger partial charge in [0.2, 0.25) is 0 Å². The Morgan fingerprint density at radius 1 is 0.700 bits per heavy atom. The Morgan fingerprint density at radius 3 is 1.40 bits per heavy atom. The molecule has 0 saturated heterocycles. The number of phenols is 2. The summed E-state index contributed by atoms with van der Waals surface area (Å²) < 4.78 is 11.3. The van der Waals surface area contributed by atoms with Crippen LogP contribution >= 0.6 is 0 Å². The van der Waals surface area contributed by atoms with Crippen LogP contribution in [-0.4, -0.2) is 47.9 Å². The van der Waals surface area contributed by atoms with Crippen molar-refractivity contribution < 1.29 is 19.7 Å². The maximum Gasteiger partial charge on any atom is 0.128 e. The zero-order valence-corrected chi connectivity index (χ0v) is 25.9. The Hall–Kier alpha value is -2.70. The number of nitrogens with zero attached hydrogens (tertiary/aromatic N) is 2. The Bertz CT molecular complexity index is 1090. The van der Waals surface area contributed by atoms with E-state index < -0.39 is 0 Å². The van der Waals surface area contributed by atoms with Crippen molar-refractivity contribution >= 4 is 12.4 Å². The minimum absolute atomic E-state index is 0.00821. The monoisotopic (exact) mass is 550 g/mol. The van der Waals surface area contributed by atoms with Crippen LogP contribution in [0.1, 0.15) is 114 Å². The number of hydrogen-bond acceptors (Lipinski definition) is 6. The Labute approximate surface area is 241 Å². The van der Waals surface area contributed by atoms with Crippen LogP contribution in [0, 0.1) is 0 Å². The summed E-state index contributed by atoms with van der Waals surface area (Å²) in [6, 6.07) is 8.03. The molecule has 0 aliphatic heterocycles. The molecule has 1 aliphatic rings. The SMILES string of the molecule is CCOCc1cc(C=N[C@@H]2CCCC[C@H]2N=Cc2cc(COCC)cc(C(C)(C)C)c2O)c(O)c(C(C)(C)C)c1. The van der Waals surface area contributed by atoms with Crippen LogP contribution in [0.4, 0.5) is 0 Å². The molecule has 0 heterocycles. The minimum atomic E-state index is -0.211. The standard InChI is InChI=1S/C34H50N2O4/c1-9-39-21-23-15-25(31(37)27(17-23)33(3,4)5)19-35-29-13-11-12-14-30(29)36-20-26-16-24(22-40-10-2)18-28(32(26)38)34(6,7)8/h15-20,29-30,37-38H,9-14,21-22H2,1-8H3/t29-,30-/m1/s1. The highest BCUT2D eigenvalue weighted by Crippen LogP contribution is 2.36. The van der Waals surface area contributed by atoms with Crippen LogP contribution in [0.25, 0.3) is 0 Å². The van der Waals surface area contributed by atoms with E-state index in [0.29, 0.717) is 37.6 Å². The number of ether oxygens (including phenoxy) is 2. The van der Waals surface area contributed by atoms with Gasteiger partial charge in [-0.1, -0.05) is 54.4 Å². The number of benzene rings is 2. The molecule has 2 N–H and O–H groups in total. The highest BCUT2D eigenvalue weighted by atomic mass is 16.5. The molecule has 0 spiro atoms. The summed E-state index contributed by atoms with van der Waals surface area (Å²) in [5.41, 5.74) is 4.84. The van der Waals surface area contributed by atoms with E-state index in [1.807, 2.05) is 50.5 Å². The van der Waals surface area contributed by atoms with E-state index in [-0.39, 0.29) is 34.4 Å². The van der Waals surface area contributed by atoms with Crippen molar-refractivity contribution in [1.29, 1.82) is 0 Å². The van der Waals surface area contributed by atoms with Crippen LogP contribution in [0.5, 0.6) is 11.5 Å². The highest BCUT2D eigenvalue weighted by Gasteiger charge is 2.26. The Balaban J connectivity index is 1.92. The number of aliphatic imine (C=N–C) groups is 2. The molecule has 1 aliphatic carbocycles. The lowest BCUT2D eigenvalue weighted by Crippen LogP contribution is -2.27. The highest BCUT2D eigenvalue weighted by molar-refractivity contribution is 5.86. The molecule has 0 bridgehead atoms. The van der Waals surface area contributed by atoms with E-state index in [1.165, 1.54) is 0 Å². The topological polar surface area (TPSA) is 83.6 Å². The van der Waals surface area contributed by atoms with Crippen molar-refractivity contribution in [2.45, 2.75) is 117 Å². The summed E-state index contributed by atoms with van der Waals surface area (Å²) in [5, 5.41) is 22.3. The molecule has 0 aromatic heterocycles. The molecule has 220 valence electrons. The molecule has 6 heteroatoms. The van der Waals surface area contributed by atoms with Gasteiger partial charge in [-0.15, -0.1) is 0 Å². The van der Waals surface area contributed by atoms with Gasteiger partial charge in [0.1, 0.15) is 11.5 Å². The molecular formula is C34H50N2O4. The molecule has 0 radical (unpaired) electrons. The van der Waals surface area contributed by atoms with Crippen molar-refractivity contribution in [2.24, 2.45) is 9.98 Å². The van der Waals surface area contributed by atoms with E-state index in [1.54, 1.807) is 0 Å². The summed E-state index contributed by atoms with van der Waals surface area (Å²) >= 11 is 0. The maximum atomic E-state index is 11.1. The van der Waals surface area contributed by atoms with Crippen molar-refractivity contribution in [1.82, 2.24) is 0 Å². The zero-order valence-electron chi connectivity index (χ0n) is 25.9. The number of aromatic hydroxyl groups is 2. The van der Waals surface area contributed by atoms with E-state index in [2.05, 4.69) is 41.5 Å². The third-order valence-corrected chi connectivity index (χ3v) is 7.46. The summed E-state index contributed by atoms with van der Waals surface area (Å²) in [7, 11) is 0. The van der Waals surface area contributed by atoms with Crippen LogP contribution < -0.4 is 0 Å². The second-order valence-corrected chi connectivity index (χ2v) is 12.9. The lowest BCUT2D eigenvalue weighted by molar-refractivity contribution is 0.134. The number of phenolic OH excluding ortho intramolecular Hbond substituents is 2. The summed E-state index contributed by atoms with van der Waals surface area (Å²) in [6.45, 7) is 18.8. The van der Waals surface area contributed by atoms with Gasteiger partial charge in [0.05, 0.1) is 25.3 Å². The fourth-order valence-electron chi connectivity index (χ4n) is 5.18. The van der Waals surface area contributed by atoms with Gasteiger partial charge in [-0.05, 0) is 72.9 Å². The average Bonchev–Trinajstić information content (AvgIpc) is 2.89. The first-order chi connectivity index (χ1) is 18.8. The van der Waals surface area contributed by atoms with Gasteiger partial charge in [-0.3, -0.25) is 9.98 Å². The van der Waals surface area contributed by atoms with Crippen LogP contribution in [-0.2, 0) is 33.5 Å². The third kappa shape index (κ3) is 8.40. The average molecular weight is 551 g/mol. The molecule has 0 amide bonds. The zero-order chi connectivity index (χ0) is 29.5. The van der Waals surface area contributed by atoms with Gasteiger partial charge in [0.25, 0.3) is 0 Å². The molecule has 0 unspecified atom stereocenters. The van der Waals surface area contributed by atoms with E-state index >= 15 is 0 Å². The fraction of sp³-hybridized carbons (Fsp3) is 0.588. The molecular weight excluding hydrogens is 500 g/mol. The molecule has 2 atom stereocenters. The quantitative estimate of drug-likeness (QED) is 0.298. The predicted octanol–water partition coefficient (Wildman–Crippen LogP) is 7.62. The van der Waals surface area contributed by atoms with Gasteiger partial charge in [0, 0.05) is 47.9 Å². The van der Waals surface area contributed by atoms with Gasteiger partial charge >= 0.3 is 0 Å². The molecule has 1 saturated carbocycles. The van der Waals surface area contributed by atoms with E-state index in [4.69, 9.17) is 19.5 Å². The number of hydrogen-bond donors (Lipinski definition) is 2. The van der Waals surface area contributed by atoms with Gasteiger partial charge in [-0.25, -0.2) is 0 Å². The number of rotatable bonds is 10. The van der Waals surface area contributed by atoms with E-state index in [0.717, 1.165) is 47.9 Å². The lowest BCUT2D eigenvalue weighted by atomic mass is 9.84. The molecule has 3 rings (SSSR count). The lowest BCUT2D eigenvalue weighted by Gasteiger charge is -2.26. The maximum absolute atomic E-state index is 11.1. The summed E-state index contributed by atoms with van der Waals surface area (Å²) in [5.74, 6) is 0.552. The van der Waals surface area contributed by atoms with Crippen molar-refractivity contribution in [2.75, 3.05) is 13.2 Å². The third-order valence-electron chi connectivity index (χ3n) is 7.46. The Kier molecular flexibility index (Phi) is 11.0. The first-order valence-electron chi connectivity index (χ1n) is 14.8. The first-order valence-corrected chi connectivity index (χ1v) is 14.8. The summed E-state index contributed by atoms with van der Waals surface area (Å²) in [4.78, 5) is 9.94. The Morgan fingerprint density at radius 2 is 1.07 bits per heavy atom. The van der Waals surface area contributed by atoms with Gasteiger partial charge in [0.15, 0.2) is 0 Å². The second kappa shape index (κ2) is 13.8. The van der Waals surface area contributed by atoms with E-state index in [9.17, 15) is 10.2 Å². The predicted molar refractivity (Wildman–Crippen MR) is 166 cm³/mol.